The molecule has 0 radical (unpaired) electrons. The number of aromatic nitrogens is 5. The predicted molar refractivity (Wildman–Crippen MR) is 157 cm³/mol. The van der Waals surface area contributed by atoms with Crippen molar-refractivity contribution in [2.75, 3.05) is 13.2 Å². The summed E-state index contributed by atoms with van der Waals surface area (Å²) in [5, 5.41) is 19.0. The molecule has 40 heavy (non-hydrogen) atoms. The lowest BCUT2D eigenvalue weighted by Gasteiger charge is -2.42. The van der Waals surface area contributed by atoms with Crippen LogP contribution in [-0.4, -0.2) is 57.2 Å². The predicted octanol–water partition coefficient (Wildman–Crippen LogP) is 5.93. The van der Waals surface area contributed by atoms with Crippen LogP contribution in [0.25, 0.3) is 22.3 Å². The van der Waals surface area contributed by atoms with E-state index >= 15 is 0 Å². The van der Waals surface area contributed by atoms with Gasteiger partial charge in [-0.05, 0) is 52.6 Å². The number of amides is 1. The van der Waals surface area contributed by atoms with E-state index in [4.69, 9.17) is 9.47 Å². The molecule has 1 atom stereocenters. The van der Waals surface area contributed by atoms with Crippen molar-refractivity contribution in [2.24, 2.45) is 5.41 Å². The first-order chi connectivity index (χ1) is 18.8. The molecular weight excluding hydrogens is 522 g/mol. The van der Waals surface area contributed by atoms with Crippen molar-refractivity contribution < 1.29 is 14.3 Å². The number of carbonyl (C=O) groups is 1. The van der Waals surface area contributed by atoms with Crippen molar-refractivity contribution >= 4 is 25.2 Å². The number of nitrogens with zero attached hydrogens (tertiary/aromatic N) is 6. The van der Waals surface area contributed by atoms with Crippen LogP contribution in [0, 0.1) is 16.7 Å². The number of ether oxygens (including phenoxy) is 2. The molecule has 1 N–H and O–H groups in total. The topological polar surface area (TPSA) is 120 Å². The van der Waals surface area contributed by atoms with Crippen LogP contribution in [-0.2, 0) is 21.7 Å². The third-order valence-electron chi connectivity index (χ3n) is 7.88. The second-order valence-corrected chi connectivity index (χ2v) is 18.9. The van der Waals surface area contributed by atoms with Gasteiger partial charge in [0.15, 0.2) is 5.54 Å². The molecule has 1 fully saturated rings. The quantitative estimate of drug-likeness (QED) is 0.239. The third kappa shape index (κ3) is 6.39. The fraction of sp³-hybridized carbons (Fsp3) is 0.621. The Morgan fingerprint density at radius 1 is 1.20 bits per heavy atom. The Balaban J connectivity index is 1.57. The van der Waals surface area contributed by atoms with E-state index in [2.05, 4.69) is 46.1 Å². The summed E-state index contributed by atoms with van der Waals surface area (Å²) in [6.07, 6.45) is 10.3. The Kier molecular flexibility index (Phi) is 8.43. The van der Waals surface area contributed by atoms with E-state index in [1.807, 2.05) is 50.7 Å². The number of nitriles is 1. The number of fused-ring (bicyclic) bond motifs is 1. The zero-order valence-electron chi connectivity index (χ0n) is 25.0. The zero-order chi connectivity index (χ0) is 29.2. The lowest BCUT2D eigenvalue weighted by Crippen LogP contribution is -2.52. The van der Waals surface area contributed by atoms with Gasteiger partial charge >= 0.3 is 6.09 Å². The SMILES string of the molecule is CC(C)(C)OC(=O)NCC1(C(C)(C#N)n2cc(-c3ncnc4c3ccn4COCC[Si](C)(C)C)cn2)CCCC1. The summed E-state index contributed by atoms with van der Waals surface area (Å²) in [6, 6.07) is 5.66. The molecule has 1 aliphatic carbocycles. The molecule has 3 heterocycles. The van der Waals surface area contributed by atoms with Crippen LogP contribution in [0.5, 0.6) is 0 Å². The second-order valence-electron chi connectivity index (χ2n) is 13.3. The molecule has 11 heteroatoms. The Labute approximate surface area is 238 Å². The van der Waals surface area contributed by atoms with Crippen LogP contribution in [0.15, 0.2) is 31.0 Å². The van der Waals surface area contributed by atoms with Crippen molar-refractivity contribution in [3.05, 3.63) is 31.0 Å². The number of hydrogen-bond acceptors (Lipinski definition) is 7. The monoisotopic (exact) mass is 565 g/mol. The highest BCUT2D eigenvalue weighted by Crippen LogP contribution is 2.50. The van der Waals surface area contributed by atoms with Crippen molar-refractivity contribution in [2.45, 2.75) is 96.9 Å². The minimum absolute atomic E-state index is 0.333. The summed E-state index contributed by atoms with van der Waals surface area (Å²) in [4.78, 5) is 21.6. The van der Waals surface area contributed by atoms with Gasteiger partial charge in [0.25, 0.3) is 0 Å². The molecule has 4 rings (SSSR count). The maximum absolute atomic E-state index is 12.5. The maximum Gasteiger partial charge on any atom is 0.407 e. The number of nitrogens with one attached hydrogen (secondary N) is 1. The lowest BCUT2D eigenvalue weighted by atomic mass is 9.69. The fourth-order valence-electron chi connectivity index (χ4n) is 5.42. The summed E-state index contributed by atoms with van der Waals surface area (Å²) < 4.78 is 15.2. The van der Waals surface area contributed by atoms with E-state index in [-0.39, 0.29) is 0 Å². The van der Waals surface area contributed by atoms with Crippen molar-refractivity contribution in [3.8, 4) is 17.3 Å². The van der Waals surface area contributed by atoms with Crippen molar-refractivity contribution in [1.29, 1.82) is 5.26 Å². The molecule has 1 saturated carbocycles. The summed E-state index contributed by atoms with van der Waals surface area (Å²) in [5.41, 5.74) is 0.287. The van der Waals surface area contributed by atoms with Gasteiger partial charge in [-0.3, -0.25) is 4.68 Å². The van der Waals surface area contributed by atoms with Gasteiger partial charge in [0.1, 0.15) is 24.3 Å². The number of hydrogen-bond donors (Lipinski definition) is 1. The Morgan fingerprint density at radius 3 is 2.58 bits per heavy atom. The first-order valence-corrected chi connectivity index (χ1v) is 17.8. The van der Waals surface area contributed by atoms with Gasteiger partial charge < -0.3 is 19.4 Å². The number of alkyl carbamates (subject to hydrolysis) is 1. The standard InChI is InChI=1S/C29H43N7O3Si/c1-27(2,3)39-26(37)31-19-29(11-8-9-12-29)28(4,18-30)36-17-22(16-34-36)24-23-10-13-35(25(23)33-20-32-24)21-38-14-15-40(5,6)7/h10,13,16-17,20H,8-9,11-12,14-15,19,21H2,1-7H3,(H,31,37). The summed E-state index contributed by atoms with van der Waals surface area (Å²) in [7, 11) is -1.16. The van der Waals surface area contributed by atoms with Crippen LogP contribution < -0.4 is 5.32 Å². The van der Waals surface area contributed by atoms with Gasteiger partial charge in [-0.2, -0.15) is 10.4 Å². The molecule has 1 aliphatic rings. The van der Waals surface area contributed by atoms with Gasteiger partial charge in [0, 0.05) is 50.0 Å². The minimum atomic E-state index is -1.16. The Morgan fingerprint density at radius 2 is 1.93 bits per heavy atom. The van der Waals surface area contributed by atoms with Crippen molar-refractivity contribution in [3.63, 3.8) is 0 Å². The molecule has 3 aromatic rings. The molecule has 1 unspecified atom stereocenters. The summed E-state index contributed by atoms with van der Waals surface area (Å²) >= 11 is 0. The van der Waals surface area contributed by atoms with Crippen LogP contribution in [0.4, 0.5) is 4.79 Å². The van der Waals surface area contributed by atoms with Crippen LogP contribution in [0.1, 0.15) is 53.4 Å². The molecule has 1 amide bonds. The molecule has 0 aromatic carbocycles. The minimum Gasteiger partial charge on any atom is -0.444 e. The van der Waals surface area contributed by atoms with E-state index in [1.54, 1.807) is 17.2 Å². The van der Waals surface area contributed by atoms with E-state index in [9.17, 15) is 10.1 Å². The van der Waals surface area contributed by atoms with Gasteiger partial charge in [-0.25, -0.2) is 14.8 Å². The molecular formula is C29H43N7O3Si. The largest absolute Gasteiger partial charge is 0.444 e. The summed E-state index contributed by atoms with van der Waals surface area (Å²) in [6.45, 7) is 15.9. The number of carbonyl (C=O) groups excluding carboxylic acids is 1. The highest BCUT2D eigenvalue weighted by molar-refractivity contribution is 6.76. The van der Waals surface area contributed by atoms with Gasteiger partial charge in [-0.15, -0.1) is 0 Å². The zero-order valence-corrected chi connectivity index (χ0v) is 26.0. The van der Waals surface area contributed by atoms with Crippen LogP contribution >= 0.6 is 0 Å². The highest BCUT2D eigenvalue weighted by atomic mass is 28.3. The number of rotatable bonds is 10. The first-order valence-electron chi connectivity index (χ1n) is 14.1. The third-order valence-corrected chi connectivity index (χ3v) is 9.58. The molecule has 0 aliphatic heterocycles. The first kappa shape index (κ1) is 29.7. The molecule has 10 nitrogen and oxygen atoms in total. The normalized spacial score (nSPS) is 16.9. The maximum atomic E-state index is 12.5. The van der Waals surface area contributed by atoms with Gasteiger partial charge in [0.05, 0.1) is 18.0 Å². The molecule has 0 spiro atoms. The second kappa shape index (κ2) is 11.3. The average Bonchev–Trinajstić information content (AvgIpc) is 3.64. The average molecular weight is 566 g/mol. The van der Waals surface area contributed by atoms with E-state index in [0.29, 0.717) is 13.3 Å². The van der Waals surface area contributed by atoms with Gasteiger partial charge in [-0.1, -0.05) is 32.5 Å². The summed E-state index contributed by atoms with van der Waals surface area (Å²) in [5.74, 6) is 0. The van der Waals surface area contributed by atoms with Gasteiger partial charge in [0.2, 0.25) is 0 Å². The smallest absolute Gasteiger partial charge is 0.407 e. The van der Waals surface area contributed by atoms with Crippen LogP contribution in [0.3, 0.4) is 0 Å². The van der Waals surface area contributed by atoms with E-state index in [0.717, 1.165) is 60.6 Å². The highest BCUT2D eigenvalue weighted by Gasteiger charge is 2.52. The lowest BCUT2D eigenvalue weighted by molar-refractivity contribution is 0.0435. The Hall–Kier alpha value is -3.23. The van der Waals surface area contributed by atoms with E-state index < -0.39 is 30.7 Å². The molecule has 216 valence electrons. The molecule has 0 bridgehead atoms. The Bertz CT molecular complexity index is 1370. The molecule has 3 aromatic heterocycles. The van der Waals surface area contributed by atoms with E-state index in [1.165, 1.54) is 0 Å². The molecule has 0 saturated heterocycles. The van der Waals surface area contributed by atoms with Crippen LogP contribution in [0.2, 0.25) is 25.7 Å². The van der Waals surface area contributed by atoms with Crippen molar-refractivity contribution in [1.82, 2.24) is 29.6 Å². The fourth-order valence-corrected chi connectivity index (χ4v) is 6.18.